The fourth-order valence-corrected chi connectivity index (χ4v) is 6.02. The number of aryl methyl sites for hydroxylation is 1. The molecule has 0 spiro atoms. The molecule has 5 aromatic rings. The maximum absolute atomic E-state index is 13.5. The molecule has 1 heterocycles. The summed E-state index contributed by atoms with van der Waals surface area (Å²) >= 11 is 2.76. The second-order valence-electron chi connectivity index (χ2n) is 9.80. The molecular weight excluding hydrogens is 609 g/mol. The van der Waals surface area contributed by atoms with Crippen LogP contribution in [0.25, 0.3) is 16.3 Å². The van der Waals surface area contributed by atoms with Gasteiger partial charge in [-0.05, 0) is 73.2 Å². The summed E-state index contributed by atoms with van der Waals surface area (Å²) in [6.07, 6.45) is 1.54. The minimum absolute atomic E-state index is 0.00998. The standard InChI is InChI=1S/C34H30N4O5S2/c1-21-12-15-27-30(16-21)45-34(37-27)38-31(39)20-44-26-11-7-10-24(18-26)35-33(41)28(36-32(40)22-8-5-4-6-9-22)17-23-13-14-25(42-2)19-29(23)43-3/h4-19H,20H2,1-3H3,(H,35,41)(H,36,40)(H,37,38,39)/b28-17+. The molecule has 3 amide bonds. The van der Waals surface area contributed by atoms with E-state index in [4.69, 9.17) is 9.47 Å². The van der Waals surface area contributed by atoms with E-state index in [1.165, 1.54) is 30.2 Å². The number of carbonyl (C=O) groups is 3. The molecule has 0 unspecified atom stereocenters. The number of thiazole rings is 1. The summed E-state index contributed by atoms with van der Waals surface area (Å²) in [7, 11) is 3.06. The number of nitrogens with zero attached hydrogens (tertiary/aromatic N) is 1. The number of thioether (sulfide) groups is 1. The summed E-state index contributed by atoms with van der Waals surface area (Å²) < 4.78 is 11.8. The number of ether oxygens (including phenoxy) is 2. The van der Waals surface area contributed by atoms with E-state index in [2.05, 4.69) is 20.9 Å². The number of fused-ring (bicyclic) bond motifs is 1. The molecule has 228 valence electrons. The summed E-state index contributed by atoms with van der Waals surface area (Å²) in [6, 6.07) is 26.9. The van der Waals surface area contributed by atoms with Gasteiger partial charge in [-0.1, -0.05) is 41.7 Å². The highest BCUT2D eigenvalue weighted by atomic mass is 32.2. The first kappa shape index (κ1) is 31.3. The summed E-state index contributed by atoms with van der Waals surface area (Å²) in [5.74, 6) is 0.0356. The van der Waals surface area contributed by atoms with Crippen LogP contribution in [0.2, 0.25) is 0 Å². The normalized spacial score (nSPS) is 11.1. The lowest BCUT2D eigenvalue weighted by molar-refractivity contribution is -0.114. The number of hydrogen-bond acceptors (Lipinski definition) is 8. The van der Waals surface area contributed by atoms with Crippen LogP contribution >= 0.6 is 23.1 Å². The zero-order valence-electron chi connectivity index (χ0n) is 24.7. The van der Waals surface area contributed by atoms with Crippen LogP contribution in [0, 0.1) is 6.92 Å². The van der Waals surface area contributed by atoms with Crippen LogP contribution in [0.1, 0.15) is 21.5 Å². The predicted molar refractivity (Wildman–Crippen MR) is 180 cm³/mol. The third kappa shape index (κ3) is 8.28. The number of anilines is 2. The van der Waals surface area contributed by atoms with Crippen molar-refractivity contribution in [3.05, 3.63) is 113 Å². The number of rotatable bonds is 11. The van der Waals surface area contributed by atoms with E-state index in [1.54, 1.807) is 79.9 Å². The summed E-state index contributed by atoms with van der Waals surface area (Å²) in [6.45, 7) is 2.01. The Labute approximate surface area is 268 Å². The van der Waals surface area contributed by atoms with Gasteiger partial charge in [0.15, 0.2) is 5.13 Å². The lowest BCUT2D eigenvalue weighted by atomic mass is 10.1. The van der Waals surface area contributed by atoms with Crippen LogP contribution < -0.4 is 25.4 Å². The molecule has 11 heteroatoms. The Balaban J connectivity index is 1.29. The van der Waals surface area contributed by atoms with Crippen LogP contribution in [-0.2, 0) is 9.59 Å². The minimum atomic E-state index is -0.539. The first-order valence-electron chi connectivity index (χ1n) is 13.8. The molecule has 0 fully saturated rings. The Bertz CT molecular complexity index is 1890. The third-order valence-corrected chi connectivity index (χ3v) is 8.45. The molecule has 0 radical (unpaired) electrons. The van der Waals surface area contributed by atoms with E-state index in [1.807, 2.05) is 31.2 Å². The highest BCUT2D eigenvalue weighted by molar-refractivity contribution is 8.00. The molecule has 0 bridgehead atoms. The van der Waals surface area contributed by atoms with Gasteiger partial charge in [0.2, 0.25) is 5.91 Å². The van der Waals surface area contributed by atoms with Crippen molar-refractivity contribution in [3.8, 4) is 11.5 Å². The topological polar surface area (TPSA) is 119 Å². The second kappa shape index (κ2) is 14.6. The Kier molecular flexibility index (Phi) is 10.1. The largest absolute Gasteiger partial charge is 0.497 e. The number of methoxy groups -OCH3 is 2. The first-order valence-corrected chi connectivity index (χ1v) is 15.6. The van der Waals surface area contributed by atoms with Gasteiger partial charge >= 0.3 is 0 Å². The number of amides is 3. The molecule has 9 nitrogen and oxygen atoms in total. The summed E-state index contributed by atoms with van der Waals surface area (Å²) in [4.78, 5) is 44.5. The lowest BCUT2D eigenvalue weighted by Gasteiger charge is -2.13. The van der Waals surface area contributed by atoms with Crippen LogP contribution in [0.5, 0.6) is 11.5 Å². The van der Waals surface area contributed by atoms with Crippen molar-refractivity contribution in [1.82, 2.24) is 10.3 Å². The van der Waals surface area contributed by atoms with Crippen LogP contribution in [0.3, 0.4) is 0 Å². The second-order valence-corrected chi connectivity index (χ2v) is 11.9. The molecule has 1 aromatic heterocycles. The van der Waals surface area contributed by atoms with Crippen molar-refractivity contribution in [2.24, 2.45) is 0 Å². The molecule has 0 aliphatic heterocycles. The zero-order chi connectivity index (χ0) is 31.8. The van der Waals surface area contributed by atoms with Gasteiger partial charge in [0.05, 0.1) is 30.2 Å². The zero-order valence-corrected chi connectivity index (χ0v) is 26.4. The SMILES string of the molecule is COc1ccc(/C=C(/NC(=O)c2ccccc2)C(=O)Nc2cccc(SCC(=O)Nc3nc4ccc(C)cc4s3)c2)c(OC)c1. The van der Waals surface area contributed by atoms with Crippen LogP contribution in [-0.4, -0.2) is 42.7 Å². The Morgan fingerprint density at radius 2 is 1.71 bits per heavy atom. The molecule has 0 saturated carbocycles. The van der Waals surface area contributed by atoms with Gasteiger partial charge in [-0.2, -0.15) is 0 Å². The molecule has 0 aliphatic rings. The molecule has 0 aliphatic carbocycles. The number of benzene rings is 4. The van der Waals surface area contributed by atoms with Crippen LogP contribution in [0.15, 0.2) is 102 Å². The average molecular weight is 639 g/mol. The van der Waals surface area contributed by atoms with Gasteiger partial charge in [0.1, 0.15) is 17.2 Å². The molecule has 3 N–H and O–H groups in total. The van der Waals surface area contributed by atoms with Gasteiger partial charge in [-0.3, -0.25) is 14.4 Å². The first-order chi connectivity index (χ1) is 21.8. The van der Waals surface area contributed by atoms with Crippen molar-refractivity contribution >= 4 is 67.9 Å². The fourth-order valence-electron chi connectivity index (χ4n) is 4.29. The summed E-state index contributed by atoms with van der Waals surface area (Å²) in [5, 5.41) is 9.00. The van der Waals surface area contributed by atoms with Crippen molar-refractivity contribution in [1.29, 1.82) is 0 Å². The van der Waals surface area contributed by atoms with Gasteiger partial charge in [0.25, 0.3) is 11.8 Å². The fraction of sp³-hybridized carbons (Fsp3) is 0.118. The summed E-state index contributed by atoms with van der Waals surface area (Å²) in [5.41, 5.74) is 3.44. The highest BCUT2D eigenvalue weighted by Crippen LogP contribution is 2.29. The van der Waals surface area contributed by atoms with E-state index in [-0.39, 0.29) is 17.4 Å². The Morgan fingerprint density at radius 3 is 2.49 bits per heavy atom. The third-order valence-electron chi connectivity index (χ3n) is 6.52. The lowest BCUT2D eigenvalue weighted by Crippen LogP contribution is -2.30. The van der Waals surface area contributed by atoms with Gasteiger partial charge in [-0.15, -0.1) is 11.8 Å². The van der Waals surface area contributed by atoms with Crippen molar-refractivity contribution in [2.45, 2.75) is 11.8 Å². The molecule has 4 aromatic carbocycles. The number of carbonyl (C=O) groups excluding carboxylic acids is 3. The minimum Gasteiger partial charge on any atom is -0.497 e. The van der Waals surface area contributed by atoms with E-state index in [0.29, 0.717) is 33.4 Å². The average Bonchev–Trinajstić information content (AvgIpc) is 3.45. The molecule has 0 saturated heterocycles. The van der Waals surface area contributed by atoms with Crippen molar-refractivity contribution in [3.63, 3.8) is 0 Å². The highest BCUT2D eigenvalue weighted by Gasteiger charge is 2.17. The van der Waals surface area contributed by atoms with E-state index < -0.39 is 11.8 Å². The Morgan fingerprint density at radius 1 is 0.889 bits per heavy atom. The maximum atomic E-state index is 13.5. The smallest absolute Gasteiger partial charge is 0.272 e. The maximum Gasteiger partial charge on any atom is 0.272 e. The molecule has 45 heavy (non-hydrogen) atoms. The van der Waals surface area contributed by atoms with E-state index in [0.717, 1.165) is 20.7 Å². The van der Waals surface area contributed by atoms with Gasteiger partial charge in [-0.25, -0.2) is 4.98 Å². The molecule has 0 atom stereocenters. The number of aromatic nitrogens is 1. The monoisotopic (exact) mass is 638 g/mol. The van der Waals surface area contributed by atoms with Gasteiger partial charge in [0, 0.05) is 27.8 Å². The molecule has 5 rings (SSSR count). The van der Waals surface area contributed by atoms with Crippen molar-refractivity contribution in [2.75, 3.05) is 30.6 Å². The predicted octanol–water partition coefficient (Wildman–Crippen LogP) is 6.76. The Hall–Kier alpha value is -5.13. The quantitative estimate of drug-likeness (QED) is 0.108. The van der Waals surface area contributed by atoms with Gasteiger partial charge < -0.3 is 25.4 Å². The van der Waals surface area contributed by atoms with E-state index >= 15 is 0 Å². The van der Waals surface area contributed by atoms with E-state index in [9.17, 15) is 14.4 Å². The number of nitrogens with one attached hydrogen (secondary N) is 3. The van der Waals surface area contributed by atoms with Crippen LogP contribution in [0.4, 0.5) is 10.8 Å². The molecular formula is C34H30N4O5S2. The number of hydrogen-bond donors (Lipinski definition) is 3. The van der Waals surface area contributed by atoms with Crippen molar-refractivity contribution < 1.29 is 23.9 Å².